The molecule has 1 aromatic heterocycles. The lowest BCUT2D eigenvalue weighted by Crippen LogP contribution is -2.30. The van der Waals surface area contributed by atoms with Crippen LogP contribution in [0.3, 0.4) is 0 Å². The van der Waals surface area contributed by atoms with Gasteiger partial charge in [0.2, 0.25) is 10.0 Å². The Morgan fingerprint density at radius 1 is 1.33 bits per heavy atom. The fourth-order valence-electron chi connectivity index (χ4n) is 1.78. The quantitative estimate of drug-likeness (QED) is 0.660. The van der Waals surface area contributed by atoms with Gasteiger partial charge in [0.15, 0.2) is 0 Å². The Bertz CT molecular complexity index is 743. The molecule has 0 radical (unpaired) electrons. The van der Waals surface area contributed by atoms with Gasteiger partial charge in [-0.2, -0.15) is 4.31 Å². The molecular weight excluding hydrogens is 394 g/mol. The van der Waals surface area contributed by atoms with E-state index in [4.69, 9.17) is 11.6 Å². The predicted octanol–water partition coefficient (Wildman–Crippen LogP) is 4.54. The van der Waals surface area contributed by atoms with Gasteiger partial charge >= 0.3 is 0 Å². The van der Waals surface area contributed by atoms with Gasteiger partial charge in [-0.1, -0.05) is 39.7 Å². The standard InChI is InChI=1S/C14H13BrClNO2S2/c1-2-8-17(10-12-6-7-14(16)20-12)21(18,19)13-5-3-4-11(15)9-13/h2-7,9H,1,8,10H2. The molecular formula is C14H13BrClNO2S2. The Labute approximate surface area is 142 Å². The summed E-state index contributed by atoms with van der Waals surface area (Å²) in [5.41, 5.74) is 0. The summed E-state index contributed by atoms with van der Waals surface area (Å²) in [4.78, 5) is 1.14. The first-order valence-corrected chi connectivity index (χ1v) is 9.47. The molecule has 3 nitrogen and oxygen atoms in total. The summed E-state index contributed by atoms with van der Waals surface area (Å²) in [6.07, 6.45) is 1.57. The smallest absolute Gasteiger partial charge is 0.207 e. The Morgan fingerprint density at radius 3 is 2.67 bits per heavy atom. The lowest BCUT2D eigenvalue weighted by molar-refractivity contribution is 0.441. The summed E-state index contributed by atoms with van der Waals surface area (Å²) >= 11 is 10.6. The van der Waals surface area contributed by atoms with Crippen LogP contribution in [-0.4, -0.2) is 19.3 Å². The van der Waals surface area contributed by atoms with Crippen LogP contribution in [0.15, 0.2) is 58.4 Å². The van der Waals surface area contributed by atoms with Crippen molar-refractivity contribution in [2.75, 3.05) is 6.54 Å². The molecule has 0 bridgehead atoms. The number of halogens is 2. The average molecular weight is 407 g/mol. The molecule has 0 aliphatic rings. The van der Waals surface area contributed by atoms with Crippen LogP contribution in [0, 0.1) is 0 Å². The van der Waals surface area contributed by atoms with E-state index < -0.39 is 10.0 Å². The fourth-order valence-corrected chi connectivity index (χ4v) is 4.95. The lowest BCUT2D eigenvalue weighted by atomic mass is 10.4. The molecule has 0 spiro atoms. The minimum atomic E-state index is -3.58. The predicted molar refractivity (Wildman–Crippen MR) is 91.3 cm³/mol. The number of benzene rings is 1. The van der Waals surface area contributed by atoms with Gasteiger partial charge in [-0.15, -0.1) is 17.9 Å². The maximum Gasteiger partial charge on any atom is 0.243 e. The number of thiophene rings is 1. The molecule has 0 N–H and O–H groups in total. The highest BCUT2D eigenvalue weighted by Crippen LogP contribution is 2.26. The summed E-state index contributed by atoms with van der Waals surface area (Å²) < 4.78 is 28.2. The molecule has 21 heavy (non-hydrogen) atoms. The number of rotatable bonds is 6. The van der Waals surface area contributed by atoms with Crippen LogP contribution in [0.2, 0.25) is 4.34 Å². The van der Waals surface area contributed by atoms with Crippen molar-refractivity contribution in [3.8, 4) is 0 Å². The summed E-state index contributed by atoms with van der Waals surface area (Å²) in [6, 6.07) is 10.3. The Hall–Kier alpha value is -0.660. The zero-order valence-corrected chi connectivity index (χ0v) is 15.0. The van der Waals surface area contributed by atoms with Crippen molar-refractivity contribution in [3.05, 3.63) is 62.7 Å². The molecule has 112 valence electrons. The van der Waals surface area contributed by atoms with Gasteiger partial charge in [0.05, 0.1) is 9.23 Å². The molecule has 1 heterocycles. The molecule has 0 unspecified atom stereocenters. The van der Waals surface area contributed by atoms with Gasteiger partial charge < -0.3 is 0 Å². The van der Waals surface area contributed by atoms with E-state index in [9.17, 15) is 8.42 Å². The monoisotopic (exact) mass is 405 g/mol. The van der Waals surface area contributed by atoms with Crippen LogP contribution in [0.4, 0.5) is 0 Å². The van der Waals surface area contributed by atoms with Crippen molar-refractivity contribution >= 4 is 48.9 Å². The summed E-state index contributed by atoms with van der Waals surface area (Å²) in [5.74, 6) is 0. The average Bonchev–Trinajstić information content (AvgIpc) is 2.84. The topological polar surface area (TPSA) is 37.4 Å². The third kappa shape index (κ3) is 4.17. The van der Waals surface area contributed by atoms with Gasteiger partial charge in [0, 0.05) is 22.4 Å². The van der Waals surface area contributed by atoms with E-state index in [1.165, 1.54) is 15.6 Å². The van der Waals surface area contributed by atoms with E-state index in [0.717, 1.165) is 9.35 Å². The second-order valence-electron chi connectivity index (χ2n) is 4.25. The van der Waals surface area contributed by atoms with Crippen LogP contribution >= 0.6 is 38.9 Å². The van der Waals surface area contributed by atoms with E-state index in [1.54, 1.807) is 36.4 Å². The molecule has 0 fully saturated rings. The molecule has 0 aliphatic carbocycles. The number of nitrogens with zero attached hydrogens (tertiary/aromatic N) is 1. The van der Waals surface area contributed by atoms with E-state index in [1.807, 2.05) is 6.07 Å². The summed E-state index contributed by atoms with van der Waals surface area (Å²) in [7, 11) is -3.58. The van der Waals surface area contributed by atoms with Gasteiger partial charge in [0.25, 0.3) is 0 Å². The van der Waals surface area contributed by atoms with Gasteiger partial charge in [-0.25, -0.2) is 8.42 Å². The Balaban J connectivity index is 2.34. The molecule has 0 saturated carbocycles. The molecule has 0 aliphatic heterocycles. The van der Waals surface area contributed by atoms with Gasteiger partial charge in [-0.05, 0) is 30.3 Å². The third-order valence-corrected chi connectivity index (χ3v) is 6.24. The largest absolute Gasteiger partial charge is 0.243 e. The number of sulfonamides is 1. The van der Waals surface area contributed by atoms with Gasteiger partial charge in [-0.3, -0.25) is 0 Å². The first kappa shape index (κ1) is 16.7. The molecule has 0 amide bonds. The minimum absolute atomic E-state index is 0.240. The second kappa shape index (κ2) is 7.07. The highest BCUT2D eigenvalue weighted by molar-refractivity contribution is 9.10. The molecule has 1 aromatic carbocycles. The van der Waals surface area contributed by atoms with Crippen molar-refractivity contribution in [1.29, 1.82) is 0 Å². The van der Waals surface area contributed by atoms with E-state index in [0.29, 0.717) is 4.34 Å². The van der Waals surface area contributed by atoms with Gasteiger partial charge in [0.1, 0.15) is 0 Å². The zero-order valence-electron chi connectivity index (χ0n) is 11.0. The molecule has 7 heteroatoms. The van der Waals surface area contributed by atoms with E-state index in [2.05, 4.69) is 22.5 Å². The molecule has 2 aromatic rings. The molecule has 0 saturated heterocycles. The fraction of sp³-hybridized carbons (Fsp3) is 0.143. The number of hydrogen-bond acceptors (Lipinski definition) is 3. The third-order valence-electron chi connectivity index (χ3n) is 2.73. The maximum absolute atomic E-state index is 12.7. The van der Waals surface area contributed by atoms with Crippen LogP contribution in [0.25, 0.3) is 0 Å². The lowest BCUT2D eigenvalue weighted by Gasteiger charge is -2.20. The minimum Gasteiger partial charge on any atom is -0.207 e. The highest BCUT2D eigenvalue weighted by Gasteiger charge is 2.24. The summed E-state index contributed by atoms with van der Waals surface area (Å²) in [6.45, 7) is 4.15. The number of hydrogen-bond donors (Lipinski definition) is 0. The van der Waals surface area contributed by atoms with Crippen LogP contribution in [0.5, 0.6) is 0 Å². The Kier molecular flexibility index (Phi) is 5.62. The van der Waals surface area contributed by atoms with Crippen molar-refractivity contribution < 1.29 is 8.42 Å². The molecule has 0 atom stereocenters. The first-order chi connectivity index (χ1) is 9.93. The van der Waals surface area contributed by atoms with Crippen LogP contribution in [0.1, 0.15) is 4.88 Å². The van der Waals surface area contributed by atoms with E-state index in [-0.39, 0.29) is 18.0 Å². The summed E-state index contributed by atoms with van der Waals surface area (Å²) in [5, 5.41) is 0. The maximum atomic E-state index is 12.7. The normalized spacial score (nSPS) is 11.8. The van der Waals surface area contributed by atoms with Crippen molar-refractivity contribution in [2.45, 2.75) is 11.4 Å². The van der Waals surface area contributed by atoms with Crippen molar-refractivity contribution in [2.24, 2.45) is 0 Å². The van der Waals surface area contributed by atoms with Crippen LogP contribution < -0.4 is 0 Å². The van der Waals surface area contributed by atoms with Crippen molar-refractivity contribution in [3.63, 3.8) is 0 Å². The molecule has 2 rings (SSSR count). The highest BCUT2D eigenvalue weighted by atomic mass is 79.9. The first-order valence-electron chi connectivity index (χ1n) is 6.04. The van der Waals surface area contributed by atoms with Crippen molar-refractivity contribution in [1.82, 2.24) is 4.31 Å². The SMILES string of the molecule is C=CCN(Cc1ccc(Cl)s1)S(=O)(=O)c1cccc(Br)c1. The van der Waals surface area contributed by atoms with E-state index >= 15 is 0 Å². The second-order valence-corrected chi connectivity index (χ2v) is 8.90. The Morgan fingerprint density at radius 2 is 2.10 bits per heavy atom. The van der Waals surface area contributed by atoms with Crippen LogP contribution in [-0.2, 0) is 16.6 Å². The zero-order chi connectivity index (χ0) is 15.5.